The standard InChI is InChI=1S/C7H8BrN3O2/c8-6-4-10(3-5-1-2-5)9-7(6)11(12)13/h4-5H,1-3H2. The van der Waals surface area contributed by atoms with Crippen molar-refractivity contribution in [2.75, 3.05) is 0 Å². The number of hydrogen-bond acceptors (Lipinski definition) is 3. The summed E-state index contributed by atoms with van der Waals surface area (Å²) >= 11 is 3.10. The second kappa shape index (κ2) is 3.10. The van der Waals surface area contributed by atoms with Gasteiger partial charge in [-0.15, -0.1) is 0 Å². The SMILES string of the molecule is O=[N+]([O-])c1nn(CC2CC2)cc1Br. The van der Waals surface area contributed by atoms with Crippen LogP contribution in [0, 0.1) is 16.0 Å². The summed E-state index contributed by atoms with van der Waals surface area (Å²) in [5.41, 5.74) is 0. The zero-order chi connectivity index (χ0) is 9.42. The summed E-state index contributed by atoms with van der Waals surface area (Å²) in [6.45, 7) is 0.798. The molecule has 5 nitrogen and oxygen atoms in total. The van der Waals surface area contributed by atoms with E-state index in [0.717, 1.165) is 6.54 Å². The first-order valence-corrected chi connectivity index (χ1v) is 4.83. The molecule has 1 aromatic heterocycles. The lowest BCUT2D eigenvalue weighted by Gasteiger charge is -1.90. The quantitative estimate of drug-likeness (QED) is 0.605. The number of nitro groups is 1. The zero-order valence-electron chi connectivity index (χ0n) is 6.81. The van der Waals surface area contributed by atoms with E-state index in [1.807, 2.05) is 0 Å². The van der Waals surface area contributed by atoms with Gasteiger partial charge in [-0.3, -0.25) is 0 Å². The molecule has 0 bridgehead atoms. The van der Waals surface area contributed by atoms with Crippen molar-refractivity contribution >= 4 is 21.7 Å². The molecule has 0 saturated heterocycles. The topological polar surface area (TPSA) is 61.0 Å². The van der Waals surface area contributed by atoms with E-state index in [0.29, 0.717) is 10.4 Å². The molecule has 0 spiro atoms. The normalized spacial score (nSPS) is 16.1. The Morgan fingerprint density at radius 1 is 1.77 bits per heavy atom. The predicted molar refractivity (Wildman–Crippen MR) is 49.3 cm³/mol. The van der Waals surface area contributed by atoms with E-state index in [4.69, 9.17) is 0 Å². The van der Waals surface area contributed by atoms with Crippen LogP contribution in [-0.2, 0) is 6.54 Å². The van der Waals surface area contributed by atoms with Gasteiger partial charge >= 0.3 is 5.82 Å². The summed E-state index contributed by atoms with van der Waals surface area (Å²) in [5, 5.41) is 14.3. The highest BCUT2D eigenvalue weighted by Gasteiger charge is 2.26. The van der Waals surface area contributed by atoms with Gasteiger partial charge in [0.15, 0.2) is 0 Å². The Bertz CT molecular complexity index is 346. The van der Waals surface area contributed by atoms with Crippen molar-refractivity contribution in [2.24, 2.45) is 5.92 Å². The van der Waals surface area contributed by atoms with Crippen LogP contribution < -0.4 is 0 Å². The highest BCUT2D eigenvalue weighted by Crippen LogP contribution is 2.31. The van der Waals surface area contributed by atoms with Gasteiger partial charge in [0.05, 0.1) is 17.8 Å². The molecule has 0 radical (unpaired) electrons. The van der Waals surface area contributed by atoms with Crippen LogP contribution in [0.4, 0.5) is 5.82 Å². The molecule has 1 aromatic rings. The summed E-state index contributed by atoms with van der Waals surface area (Å²) in [4.78, 5) is 9.96. The monoisotopic (exact) mass is 245 g/mol. The number of halogens is 1. The molecule has 70 valence electrons. The van der Waals surface area contributed by atoms with Crippen molar-refractivity contribution in [3.05, 3.63) is 20.8 Å². The Hall–Kier alpha value is -0.910. The molecule has 1 saturated carbocycles. The minimum Gasteiger partial charge on any atom is -0.358 e. The van der Waals surface area contributed by atoms with E-state index in [9.17, 15) is 10.1 Å². The molecule has 13 heavy (non-hydrogen) atoms. The maximum absolute atomic E-state index is 10.4. The number of nitrogens with zero attached hydrogens (tertiary/aromatic N) is 3. The number of hydrogen-bond donors (Lipinski definition) is 0. The largest absolute Gasteiger partial charge is 0.404 e. The van der Waals surface area contributed by atoms with Gasteiger partial charge in [0.2, 0.25) is 0 Å². The maximum Gasteiger partial charge on any atom is 0.404 e. The molecule has 1 aliphatic rings. The minimum atomic E-state index is -0.479. The van der Waals surface area contributed by atoms with Gasteiger partial charge < -0.3 is 10.1 Å². The van der Waals surface area contributed by atoms with E-state index < -0.39 is 4.92 Å². The van der Waals surface area contributed by atoms with Crippen molar-refractivity contribution in [1.82, 2.24) is 9.78 Å². The van der Waals surface area contributed by atoms with E-state index >= 15 is 0 Å². The minimum absolute atomic E-state index is 0.0966. The van der Waals surface area contributed by atoms with Crippen LogP contribution >= 0.6 is 15.9 Å². The summed E-state index contributed by atoms with van der Waals surface area (Å²) < 4.78 is 2.10. The molecule has 0 amide bonds. The molecule has 0 aromatic carbocycles. The predicted octanol–water partition coefficient (Wildman–Crippen LogP) is 1.96. The second-order valence-corrected chi connectivity index (χ2v) is 4.08. The first-order valence-electron chi connectivity index (χ1n) is 4.04. The summed E-state index contributed by atoms with van der Waals surface area (Å²) in [6.07, 6.45) is 4.09. The molecule has 0 N–H and O–H groups in total. The third-order valence-electron chi connectivity index (χ3n) is 2.01. The van der Waals surface area contributed by atoms with Crippen molar-refractivity contribution in [2.45, 2.75) is 19.4 Å². The Labute approximate surface area is 83.0 Å². The van der Waals surface area contributed by atoms with Crippen LogP contribution in [0.25, 0.3) is 0 Å². The third kappa shape index (κ3) is 1.88. The lowest BCUT2D eigenvalue weighted by molar-refractivity contribution is -0.390. The van der Waals surface area contributed by atoms with Crippen LogP contribution in [-0.4, -0.2) is 14.7 Å². The van der Waals surface area contributed by atoms with Crippen LogP contribution in [0.3, 0.4) is 0 Å². The average molecular weight is 246 g/mol. The molecule has 6 heteroatoms. The molecule has 0 atom stereocenters. The van der Waals surface area contributed by atoms with Gasteiger partial charge in [0.25, 0.3) is 0 Å². The summed E-state index contributed by atoms with van der Waals surface area (Å²) in [6, 6.07) is 0. The van der Waals surface area contributed by atoms with E-state index in [1.165, 1.54) is 12.8 Å². The molecular formula is C7H8BrN3O2. The molecule has 2 rings (SSSR count). The van der Waals surface area contributed by atoms with Crippen molar-refractivity contribution in [1.29, 1.82) is 0 Å². The fourth-order valence-electron chi connectivity index (χ4n) is 1.17. The molecule has 0 unspecified atom stereocenters. The number of aromatic nitrogens is 2. The van der Waals surface area contributed by atoms with Gasteiger partial charge in [-0.05, 0) is 39.6 Å². The highest BCUT2D eigenvalue weighted by atomic mass is 79.9. The summed E-state index contributed by atoms with van der Waals surface area (Å²) in [7, 11) is 0. The molecule has 0 aliphatic heterocycles. The van der Waals surface area contributed by atoms with Crippen LogP contribution in [0.15, 0.2) is 10.7 Å². The van der Waals surface area contributed by atoms with Gasteiger partial charge in [0, 0.05) is 0 Å². The van der Waals surface area contributed by atoms with Crippen molar-refractivity contribution in [3.63, 3.8) is 0 Å². The van der Waals surface area contributed by atoms with Gasteiger partial charge in [-0.1, -0.05) is 0 Å². The average Bonchev–Trinajstić information content (AvgIpc) is 2.75. The van der Waals surface area contributed by atoms with Crippen molar-refractivity contribution < 1.29 is 4.92 Å². The van der Waals surface area contributed by atoms with Crippen LogP contribution in [0.2, 0.25) is 0 Å². The first-order chi connectivity index (χ1) is 6.16. The van der Waals surface area contributed by atoms with Gasteiger partial charge in [-0.2, -0.15) is 4.68 Å². The number of rotatable bonds is 3. The third-order valence-corrected chi connectivity index (χ3v) is 2.57. The Kier molecular flexibility index (Phi) is 2.07. The molecule has 1 heterocycles. The Morgan fingerprint density at radius 2 is 2.46 bits per heavy atom. The fraction of sp³-hybridized carbons (Fsp3) is 0.571. The van der Waals surface area contributed by atoms with E-state index in [1.54, 1.807) is 10.9 Å². The van der Waals surface area contributed by atoms with E-state index in [-0.39, 0.29) is 5.82 Å². The molecule has 1 fully saturated rings. The van der Waals surface area contributed by atoms with Crippen LogP contribution in [0.1, 0.15) is 12.8 Å². The molecule has 1 aliphatic carbocycles. The Balaban J connectivity index is 2.18. The lowest BCUT2D eigenvalue weighted by Crippen LogP contribution is -2.00. The smallest absolute Gasteiger partial charge is 0.358 e. The Morgan fingerprint density at radius 3 is 2.92 bits per heavy atom. The van der Waals surface area contributed by atoms with Gasteiger partial charge in [-0.25, -0.2) is 0 Å². The summed E-state index contributed by atoms with van der Waals surface area (Å²) in [5.74, 6) is 0.576. The first kappa shape index (κ1) is 8.68. The zero-order valence-corrected chi connectivity index (χ0v) is 8.40. The highest BCUT2D eigenvalue weighted by molar-refractivity contribution is 9.10. The van der Waals surface area contributed by atoms with Crippen molar-refractivity contribution in [3.8, 4) is 0 Å². The van der Waals surface area contributed by atoms with Crippen LogP contribution in [0.5, 0.6) is 0 Å². The van der Waals surface area contributed by atoms with E-state index in [2.05, 4.69) is 21.0 Å². The fourth-order valence-corrected chi connectivity index (χ4v) is 1.63. The molecular weight excluding hydrogens is 238 g/mol. The second-order valence-electron chi connectivity index (χ2n) is 3.22. The van der Waals surface area contributed by atoms with Gasteiger partial charge in [0.1, 0.15) is 4.47 Å². The lowest BCUT2D eigenvalue weighted by atomic mass is 10.4. The maximum atomic E-state index is 10.4.